The van der Waals surface area contributed by atoms with Gasteiger partial charge in [-0.25, -0.2) is 0 Å². The smallest absolute Gasteiger partial charge is 0.264 e. The molecule has 1 aromatic carbocycles. The average Bonchev–Trinajstić information content (AvgIpc) is 2.97. The van der Waals surface area contributed by atoms with Gasteiger partial charge in [0.05, 0.1) is 4.88 Å². The second-order valence-electron chi connectivity index (χ2n) is 5.65. The number of benzene rings is 1. The maximum absolute atomic E-state index is 12.9. The van der Waals surface area contributed by atoms with Gasteiger partial charge < -0.3 is 10.2 Å². The molecule has 3 rings (SSSR count). The van der Waals surface area contributed by atoms with Crippen LogP contribution in [0.2, 0.25) is 0 Å². The molecule has 2 aromatic rings. The van der Waals surface area contributed by atoms with Crippen LogP contribution < -0.4 is 5.32 Å². The average molecular weight is 302 g/mol. The van der Waals surface area contributed by atoms with E-state index in [0.717, 1.165) is 43.8 Å². The number of rotatable bonds is 4. The number of amides is 1. The number of piperidine rings is 1. The summed E-state index contributed by atoms with van der Waals surface area (Å²) in [7, 11) is 0. The third-order valence-electron chi connectivity index (χ3n) is 4.07. The van der Waals surface area contributed by atoms with Crippen molar-refractivity contribution < 1.29 is 4.79 Å². The Labute approximate surface area is 130 Å². The summed E-state index contributed by atoms with van der Waals surface area (Å²) in [6, 6.07) is 10.6. The van der Waals surface area contributed by atoms with Gasteiger partial charge in [-0.3, -0.25) is 4.79 Å². The van der Waals surface area contributed by atoms with E-state index in [1.54, 1.807) is 11.3 Å². The Morgan fingerprint density at radius 2 is 2.29 bits per heavy atom. The van der Waals surface area contributed by atoms with Crippen molar-refractivity contribution in [2.75, 3.05) is 19.6 Å². The van der Waals surface area contributed by atoms with E-state index in [1.165, 1.54) is 10.1 Å². The molecule has 1 N–H and O–H groups in total. The van der Waals surface area contributed by atoms with Crippen LogP contribution in [0.4, 0.5) is 0 Å². The Hall–Kier alpha value is -1.39. The van der Waals surface area contributed by atoms with Crippen LogP contribution in [0.3, 0.4) is 0 Å². The molecular formula is C17H22N2OS. The molecule has 0 spiro atoms. The first-order valence-electron chi connectivity index (χ1n) is 7.80. The highest BCUT2D eigenvalue weighted by Gasteiger charge is 2.26. The van der Waals surface area contributed by atoms with Crippen molar-refractivity contribution in [3.63, 3.8) is 0 Å². The molecule has 0 saturated carbocycles. The topological polar surface area (TPSA) is 32.3 Å². The van der Waals surface area contributed by atoms with Crippen molar-refractivity contribution in [2.45, 2.75) is 32.2 Å². The van der Waals surface area contributed by atoms with Crippen LogP contribution in [0, 0.1) is 0 Å². The predicted octanol–water partition coefficient (Wildman–Crippen LogP) is 3.51. The van der Waals surface area contributed by atoms with Crippen LogP contribution in [0.25, 0.3) is 10.1 Å². The number of hydrogen-bond acceptors (Lipinski definition) is 3. The van der Waals surface area contributed by atoms with Gasteiger partial charge in [-0.1, -0.05) is 25.1 Å². The molecule has 4 heteroatoms. The molecule has 2 heterocycles. The Balaban J connectivity index is 1.85. The van der Waals surface area contributed by atoms with Crippen LogP contribution >= 0.6 is 11.3 Å². The Morgan fingerprint density at radius 1 is 1.43 bits per heavy atom. The molecule has 112 valence electrons. The van der Waals surface area contributed by atoms with Crippen molar-refractivity contribution >= 4 is 27.3 Å². The highest BCUT2D eigenvalue weighted by atomic mass is 32.1. The Morgan fingerprint density at radius 3 is 3.00 bits per heavy atom. The third-order valence-corrected chi connectivity index (χ3v) is 5.18. The minimum atomic E-state index is 0.201. The lowest BCUT2D eigenvalue weighted by Gasteiger charge is -2.34. The van der Waals surface area contributed by atoms with Gasteiger partial charge >= 0.3 is 0 Å². The first-order valence-corrected chi connectivity index (χ1v) is 8.61. The van der Waals surface area contributed by atoms with Crippen LogP contribution in [0.5, 0.6) is 0 Å². The van der Waals surface area contributed by atoms with E-state index in [-0.39, 0.29) is 5.91 Å². The van der Waals surface area contributed by atoms with Crippen LogP contribution in [-0.2, 0) is 0 Å². The summed E-state index contributed by atoms with van der Waals surface area (Å²) in [6.45, 7) is 4.99. The molecule has 1 unspecified atom stereocenters. The first kappa shape index (κ1) is 14.5. The SMILES string of the molecule is CCCN(C(=O)c1cc2ccccc2s1)C1CCCNC1. The van der Waals surface area contributed by atoms with E-state index >= 15 is 0 Å². The fourth-order valence-electron chi connectivity index (χ4n) is 3.02. The van der Waals surface area contributed by atoms with Gasteiger partial charge in [0.15, 0.2) is 0 Å². The zero-order valence-electron chi connectivity index (χ0n) is 12.5. The lowest BCUT2D eigenvalue weighted by atomic mass is 10.1. The second-order valence-corrected chi connectivity index (χ2v) is 6.73. The minimum Gasteiger partial charge on any atom is -0.334 e. The quantitative estimate of drug-likeness (QED) is 0.937. The zero-order valence-corrected chi connectivity index (χ0v) is 13.3. The van der Waals surface area contributed by atoms with E-state index in [0.29, 0.717) is 6.04 Å². The van der Waals surface area contributed by atoms with Crippen molar-refractivity contribution in [3.05, 3.63) is 35.2 Å². The summed E-state index contributed by atoms with van der Waals surface area (Å²) >= 11 is 1.61. The van der Waals surface area contributed by atoms with Crippen LogP contribution in [0.15, 0.2) is 30.3 Å². The second kappa shape index (κ2) is 6.58. The summed E-state index contributed by atoms with van der Waals surface area (Å²) < 4.78 is 1.19. The van der Waals surface area contributed by atoms with Gasteiger partial charge in [0.25, 0.3) is 5.91 Å². The summed E-state index contributed by atoms with van der Waals surface area (Å²) in [4.78, 5) is 15.9. The van der Waals surface area contributed by atoms with Crippen molar-refractivity contribution in [2.24, 2.45) is 0 Å². The summed E-state index contributed by atoms with van der Waals surface area (Å²) in [6.07, 6.45) is 3.28. The molecule has 1 amide bonds. The standard InChI is InChI=1S/C17H22N2OS/c1-2-10-19(14-7-5-9-18-12-14)17(20)16-11-13-6-3-4-8-15(13)21-16/h3-4,6,8,11,14,18H,2,5,7,9-10,12H2,1H3. The zero-order chi connectivity index (χ0) is 14.7. The summed E-state index contributed by atoms with van der Waals surface area (Å²) in [5, 5.41) is 4.59. The predicted molar refractivity (Wildman–Crippen MR) is 89.0 cm³/mol. The number of nitrogens with one attached hydrogen (secondary N) is 1. The van der Waals surface area contributed by atoms with Gasteiger partial charge in [0.2, 0.25) is 0 Å². The lowest BCUT2D eigenvalue weighted by molar-refractivity contribution is 0.0654. The van der Waals surface area contributed by atoms with E-state index in [2.05, 4.69) is 29.3 Å². The molecular weight excluding hydrogens is 280 g/mol. The molecule has 1 fully saturated rings. The van der Waals surface area contributed by atoms with E-state index in [4.69, 9.17) is 0 Å². The Kier molecular flexibility index (Phi) is 4.56. The van der Waals surface area contributed by atoms with E-state index < -0.39 is 0 Å². The van der Waals surface area contributed by atoms with Crippen molar-refractivity contribution in [1.82, 2.24) is 10.2 Å². The van der Waals surface area contributed by atoms with Gasteiger partial charge in [-0.2, -0.15) is 0 Å². The Bertz CT molecular complexity index is 583. The summed E-state index contributed by atoms with van der Waals surface area (Å²) in [5.74, 6) is 0.201. The molecule has 3 nitrogen and oxygen atoms in total. The van der Waals surface area contributed by atoms with Crippen molar-refractivity contribution in [1.29, 1.82) is 0 Å². The maximum atomic E-state index is 12.9. The first-order chi connectivity index (χ1) is 10.3. The fourth-order valence-corrected chi connectivity index (χ4v) is 4.04. The number of fused-ring (bicyclic) bond motifs is 1. The maximum Gasteiger partial charge on any atom is 0.264 e. The van der Waals surface area contributed by atoms with Crippen molar-refractivity contribution in [3.8, 4) is 0 Å². The van der Waals surface area contributed by atoms with E-state index in [9.17, 15) is 4.79 Å². The molecule has 1 atom stereocenters. The van der Waals surface area contributed by atoms with E-state index in [1.807, 2.05) is 18.2 Å². The third kappa shape index (κ3) is 3.11. The minimum absolute atomic E-state index is 0.201. The molecule has 0 radical (unpaired) electrons. The molecule has 1 aliphatic rings. The normalized spacial score (nSPS) is 18.8. The van der Waals surface area contributed by atoms with Gasteiger partial charge in [0.1, 0.15) is 0 Å². The number of thiophene rings is 1. The molecule has 1 aliphatic heterocycles. The van der Waals surface area contributed by atoms with Gasteiger partial charge in [-0.05, 0) is 43.3 Å². The summed E-state index contributed by atoms with van der Waals surface area (Å²) in [5.41, 5.74) is 0. The number of carbonyl (C=O) groups is 1. The fraction of sp³-hybridized carbons (Fsp3) is 0.471. The molecule has 0 aliphatic carbocycles. The number of carbonyl (C=O) groups excluding carboxylic acids is 1. The molecule has 21 heavy (non-hydrogen) atoms. The van der Waals surface area contributed by atoms with Gasteiger partial charge in [-0.15, -0.1) is 11.3 Å². The van der Waals surface area contributed by atoms with Gasteiger partial charge in [0, 0.05) is 23.8 Å². The van der Waals surface area contributed by atoms with Crippen LogP contribution in [0.1, 0.15) is 35.9 Å². The molecule has 0 bridgehead atoms. The lowest BCUT2D eigenvalue weighted by Crippen LogP contribution is -2.48. The largest absolute Gasteiger partial charge is 0.334 e. The number of nitrogens with zero attached hydrogens (tertiary/aromatic N) is 1. The highest BCUT2D eigenvalue weighted by molar-refractivity contribution is 7.20. The molecule has 1 aromatic heterocycles. The highest BCUT2D eigenvalue weighted by Crippen LogP contribution is 2.27. The number of hydrogen-bond donors (Lipinski definition) is 1. The monoisotopic (exact) mass is 302 g/mol. The van der Waals surface area contributed by atoms with Crippen LogP contribution in [-0.4, -0.2) is 36.5 Å². The molecule has 1 saturated heterocycles.